The summed E-state index contributed by atoms with van der Waals surface area (Å²) >= 11 is 0. The number of benzene rings is 2. The van der Waals surface area contributed by atoms with Gasteiger partial charge in [-0.1, -0.05) is 29.8 Å². The molecule has 5 rings (SSSR count). The van der Waals surface area contributed by atoms with Crippen molar-refractivity contribution in [2.75, 3.05) is 13.1 Å². The summed E-state index contributed by atoms with van der Waals surface area (Å²) < 4.78 is 49.0. The first kappa shape index (κ1) is 23.8. The van der Waals surface area contributed by atoms with E-state index >= 15 is 0 Å². The highest BCUT2D eigenvalue weighted by atomic mass is 32.2. The number of ether oxygens (including phenoxy) is 1. The number of piperidine rings is 1. The Hall–Kier alpha value is -3.32. The number of nitrogens with zero attached hydrogens (tertiary/aromatic N) is 2. The predicted octanol–water partition coefficient (Wildman–Crippen LogP) is 3.85. The number of hydrogen-bond donors (Lipinski definition) is 2. The van der Waals surface area contributed by atoms with Crippen LogP contribution in [0.5, 0.6) is 5.88 Å². The lowest BCUT2D eigenvalue weighted by Gasteiger charge is -2.09. The molecule has 1 unspecified atom stereocenters. The Morgan fingerprint density at radius 2 is 1.85 bits per heavy atom. The van der Waals surface area contributed by atoms with Crippen LogP contribution in [0.3, 0.4) is 0 Å². The van der Waals surface area contributed by atoms with E-state index in [1.54, 1.807) is 30.3 Å². The molecule has 0 bridgehead atoms. The quantitative estimate of drug-likeness (QED) is 0.533. The van der Waals surface area contributed by atoms with Crippen LogP contribution in [0, 0.1) is 35.9 Å². The van der Waals surface area contributed by atoms with E-state index in [1.807, 2.05) is 25.1 Å². The second-order valence-corrected chi connectivity index (χ2v) is 9.83. The maximum atomic E-state index is 13.9. The van der Waals surface area contributed by atoms with Gasteiger partial charge in [-0.2, -0.15) is 13.7 Å². The fourth-order valence-electron chi connectivity index (χ4n) is 4.15. The summed E-state index contributed by atoms with van der Waals surface area (Å²) in [5.41, 5.74) is 2.75. The summed E-state index contributed by atoms with van der Waals surface area (Å²) in [6.45, 7) is 4.08. The second kappa shape index (κ2) is 9.89. The van der Waals surface area contributed by atoms with Gasteiger partial charge >= 0.3 is 0 Å². The zero-order chi connectivity index (χ0) is 24.3. The highest BCUT2D eigenvalue weighted by Crippen LogP contribution is 2.55. The molecule has 1 aliphatic heterocycles. The molecule has 0 spiro atoms. The van der Waals surface area contributed by atoms with E-state index in [-0.39, 0.29) is 11.5 Å². The summed E-state index contributed by atoms with van der Waals surface area (Å²) in [4.78, 5) is 4.50. The van der Waals surface area contributed by atoms with Crippen LogP contribution in [0.15, 0.2) is 65.6 Å². The highest BCUT2D eigenvalue weighted by molar-refractivity contribution is 7.85. The third-order valence-electron chi connectivity index (χ3n) is 6.05. The molecule has 3 aromatic rings. The molecule has 9 heteroatoms. The van der Waals surface area contributed by atoms with Crippen molar-refractivity contribution in [1.82, 2.24) is 10.3 Å². The normalized spacial score (nSPS) is 20.5. The number of hydrogen-bond acceptors (Lipinski definition) is 6. The van der Waals surface area contributed by atoms with Crippen molar-refractivity contribution < 1.29 is 22.1 Å². The average Bonchev–Trinajstić information content (AvgIpc) is 3.30. The molecule has 0 radical (unpaired) electrons. The number of rotatable bonds is 5. The molecule has 1 aliphatic carbocycles. The van der Waals surface area contributed by atoms with Crippen LogP contribution in [0.2, 0.25) is 0 Å². The van der Waals surface area contributed by atoms with Crippen LogP contribution < -0.4 is 10.1 Å². The first-order valence-corrected chi connectivity index (χ1v) is 12.2. The van der Waals surface area contributed by atoms with E-state index in [0.29, 0.717) is 34.8 Å². The Bertz CT molecular complexity index is 1310. The molecule has 2 fully saturated rings. The Morgan fingerprint density at radius 3 is 2.47 bits per heavy atom. The van der Waals surface area contributed by atoms with Crippen LogP contribution in [0.25, 0.3) is 0 Å². The highest BCUT2D eigenvalue weighted by Gasteiger charge is 2.54. The van der Waals surface area contributed by atoms with Crippen molar-refractivity contribution in [3.8, 4) is 11.9 Å². The molecular formula is C25H24FN3O4S. The minimum absolute atomic E-state index is 0.0666. The Balaban J connectivity index is 0.000000210. The fraction of sp³-hybridized carbons (Fsp3) is 0.280. The van der Waals surface area contributed by atoms with Crippen LogP contribution in [0.4, 0.5) is 4.39 Å². The second-order valence-electron chi connectivity index (χ2n) is 8.41. The number of aryl methyl sites for hydroxylation is 1. The summed E-state index contributed by atoms with van der Waals surface area (Å²) in [6.07, 6.45) is 0. The van der Waals surface area contributed by atoms with E-state index in [2.05, 4.69) is 10.3 Å². The number of nitriles is 1. The first-order valence-electron chi connectivity index (χ1n) is 10.8. The summed E-state index contributed by atoms with van der Waals surface area (Å²) in [6, 6.07) is 18.1. The standard InChI is InChI=1S/C18H16FN3O.C7H8O3S/c19-15-6-11(7-20)4-5-12(15)10-23-17-3-1-2-16(22-17)18-13-8-21-9-14(13)18;1-6-2-4-7(5-3-6)11(8,9)10/h1-6,13-14,18,21H,8-10H2;2-5H,1H3,(H,8,9,10)/t13-,14+,18?;. The monoisotopic (exact) mass is 481 g/mol. The van der Waals surface area contributed by atoms with Gasteiger partial charge in [0.15, 0.2) is 0 Å². The minimum atomic E-state index is -4.02. The smallest absolute Gasteiger partial charge is 0.294 e. The molecule has 34 heavy (non-hydrogen) atoms. The number of fused-ring (bicyclic) bond motifs is 1. The molecular weight excluding hydrogens is 457 g/mol. The average molecular weight is 482 g/mol. The molecule has 0 amide bonds. The lowest BCUT2D eigenvalue weighted by atomic mass is 10.1. The van der Waals surface area contributed by atoms with Crippen LogP contribution in [-0.2, 0) is 16.7 Å². The molecule has 2 heterocycles. The third-order valence-corrected chi connectivity index (χ3v) is 6.92. The predicted molar refractivity (Wildman–Crippen MR) is 123 cm³/mol. The van der Waals surface area contributed by atoms with Gasteiger partial charge in [0.2, 0.25) is 5.88 Å². The lowest BCUT2D eigenvalue weighted by Crippen LogP contribution is -2.14. The zero-order valence-corrected chi connectivity index (χ0v) is 19.3. The van der Waals surface area contributed by atoms with Crippen molar-refractivity contribution >= 4 is 10.1 Å². The van der Waals surface area contributed by atoms with Gasteiger partial charge in [0.25, 0.3) is 10.1 Å². The van der Waals surface area contributed by atoms with E-state index in [1.165, 1.54) is 18.2 Å². The summed E-state index contributed by atoms with van der Waals surface area (Å²) in [7, 11) is -4.02. The molecule has 2 aliphatic rings. The van der Waals surface area contributed by atoms with Gasteiger partial charge in [-0.3, -0.25) is 4.55 Å². The summed E-state index contributed by atoms with van der Waals surface area (Å²) in [5, 5.41) is 12.1. The van der Waals surface area contributed by atoms with Gasteiger partial charge in [-0.05, 0) is 62.2 Å². The van der Waals surface area contributed by atoms with Crippen molar-refractivity contribution in [2.45, 2.75) is 24.3 Å². The molecule has 1 aromatic heterocycles. The van der Waals surface area contributed by atoms with Gasteiger partial charge in [-0.15, -0.1) is 0 Å². The Morgan fingerprint density at radius 1 is 1.15 bits per heavy atom. The maximum Gasteiger partial charge on any atom is 0.294 e. The van der Waals surface area contributed by atoms with E-state index < -0.39 is 15.9 Å². The van der Waals surface area contributed by atoms with Crippen LogP contribution in [0.1, 0.15) is 28.3 Å². The van der Waals surface area contributed by atoms with Crippen LogP contribution >= 0.6 is 0 Å². The summed E-state index contributed by atoms with van der Waals surface area (Å²) in [5.74, 6) is 2.03. The molecule has 7 nitrogen and oxygen atoms in total. The van der Waals surface area contributed by atoms with Crippen molar-refractivity contribution in [2.24, 2.45) is 11.8 Å². The largest absolute Gasteiger partial charge is 0.473 e. The molecule has 1 saturated carbocycles. The molecule has 176 valence electrons. The number of nitrogens with one attached hydrogen (secondary N) is 1. The van der Waals surface area contributed by atoms with Gasteiger partial charge in [0.1, 0.15) is 12.4 Å². The number of halogens is 1. The third kappa shape index (κ3) is 5.59. The van der Waals surface area contributed by atoms with E-state index in [0.717, 1.165) is 24.3 Å². The van der Waals surface area contributed by atoms with E-state index in [4.69, 9.17) is 14.6 Å². The molecule has 2 N–H and O–H groups in total. The zero-order valence-electron chi connectivity index (χ0n) is 18.5. The number of aromatic nitrogens is 1. The van der Waals surface area contributed by atoms with Crippen molar-refractivity contribution in [3.05, 3.63) is 88.9 Å². The minimum Gasteiger partial charge on any atom is -0.473 e. The van der Waals surface area contributed by atoms with Gasteiger partial charge in [0.05, 0.1) is 16.5 Å². The van der Waals surface area contributed by atoms with Crippen molar-refractivity contribution in [3.63, 3.8) is 0 Å². The fourth-order valence-corrected chi connectivity index (χ4v) is 4.63. The van der Waals surface area contributed by atoms with E-state index in [9.17, 15) is 12.8 Å². The Labute approximate surface area is 198 Å². The van der Waals surface area contributed by atoms with Crippen molar-refractivity contribution in [1.29, 1.82) is 5.26 Å². The SMILES string of the molecule is Cc1ccc(S(=O)(=O)O)cc1.N#Cc1ccc(COc2cccc(C3[C@H]4CNC[C@@H]34)n2)c(F)c1. The van der Waals surface area contributed by atoms with Crippen LogP contribution in [-0.4, -0.2) is 31.0 Å². The van der Waals surface area contributed by atoms with Gasteiger partial charge in [-0.25, -0.2) is 9.37 Å². The molecule has 1 saturated heterocycles. The maximum absolute atomic E-state index is 13.9. The lowest BCUT2D eigenvalue weighted by molar-refractivity contribution is 0.287. The topological polar surface area (TPSA) is 112 Å². The first-order chi connectivity index (χ1) is 16.3. The van der Waals surface area contributed by atoms with Gasteiger partial charge in [0, 0.05) is 23.2 Å². The van der Waals surface area contributed by atoms with Gasteiger partial charge < -0.3 is 10.1 Å². The molecule has 3 atom stereocenters. The number of pyridine rings is 1. The Kier molecular flexibility index (Phi) is 6.93. The molecule has 2 aromatic carbocycles.